The summed E-state index contributed by atoms with van der Waals surface area (Å²) in [6.45, 7) is 3.60. The summed E-state index contributed by atoms with van der Waals surface area (Å²) in [5.41, 5.74) is 2.62. The average Bonchev–Trinajstić information content (AvgIpc) is 3.43. The fourth-order valence-electron chi connectivity index (χ4n) is 3.51. The van der Waals surface area contributed by atoms with E-state index in [-0.39, 0.29) is 5.91 Å². The van der Waals surface area contributed by atoms with Gasteiger partial charge in [0.25, 0.3) is 0 Å². The number of nitrogens with zero attached hydrogens (tertiary/aromatic N) is 2. The first kappa shape index (κ1) is 19.1. The molecule has 4 rings (SSSR count). The number of rotatable bonds is 7. The second kappa shape index (κ2) is 9.32. The summed E-state index contributed by atoms with van der Waals surface area (Å²) in [6.07, 6.45) is 3.13. The van der Waals surface area contributed by atoms with E-state index >= 15 is 0 Å². The van der Waals surface area contributed by atoms with E-state index in [1.807, 2.05) is 11.0 Å². The lowest BCUT2D eigenvalue weighted by Gasteiger charge is -2.29. The molecule has 0 fully saturated rings. The van der Waals surface area contributed by atoms with Crippen molar-refractivity contribution in [3.63, 3.8) is 0 Å². The maximum absolute atomic E-state index is 13.0. The lowest BCUT2D eigenvalue weighted by Crippen LogP contribution is -2.41. The highest BCUT2D eigenvalue weighted by Gasteiger charge is 2.21. The predicted molar refractivity (Wildman–Crippen MR) is 118 cm³/mol. The first-order valence-electron chi connectivity index (χ1n) is 9.57. The van der Waals surface area contributed by atoms with Crippen LogP contribution in [0.15, 0.2) is 71.4 Å². The molecule has 0 radical (unpaired) electrons. The Morgan fingerprint density at radius 1 is 0.929 bits per heavy atom. The molecule has 0 spiro atoms. The molecule has 1 amide bonds. The van der Waals surface area contributed by atoms with Gasteiger partial charge in [0, 0.05) is 35.9 Å². The Balaban J connectivity index is 1.39. The molecular formula is C23H24N2OS2. The molecule has 28 heavy (non-hydrogen) atoms. The Morgan fingerprint density at radius 2 is 1.61 bits per heavy atom. The van der Waals surface area contributed by atoms with Gasteiger partial charge >= 0.3 is 0 Å². The number of benzene rings is 1. The highest BCUT2D eigenvalue weighted by molar-refractivity contribution is 7.10. The molecule has 1 aliphatic heterocycles. The first-order chi connectivity index (χ1) is 13.8. The second-order valence-corrected chi connectivity index (χ2v) is 9.05. The summed E-state index contributed by atoms with van der Waals surface area (Å²) in [6, 6.07) is 18.9. The van der Waals surface area contributed by atoms with Crippen LogP contribution in [0.3, 0.4) is 0 Å². The van der Waals surface area contributed by atoms with Gasteiger partial charge in [0.15, 0.2) is 0 Å². The van der Waals surface area contributed by atoms with Crippen LogP contribution in [-0.2, 0) is 17.9 Å². The van der Waals surface area contributed by atoms with Crippen LogP contribution in [0.5, 0.6) is 0 Å². The van der Waals surface area contributed by atoms with Crippen molar-refractivity contribution < 1.29 is 4.79 Å². The van der Waals surface area contributed by atoms with Crippen molar-refractivity contribution in [2.45, 2.75) is 19.5 Å². The maximum Gasteiger partial charge on any atom is 0.237 e. The van der Waals surface area contributed by atoms with Crippen molar-refractivity contribution in [1.82, 2.24) is 9.80 Å². The molecule has 0 saturated carbocycles. The minimum atomic E-state index is 0.219. The molecule has 0 N–H and O–H groups in total. The van der Waals surface area contributed by atoms with Crippen LogP contribution in [0, 0.1) is 0 Å². The van der Waals surface area contributed by atoms with Gasteiger partial charge in [0.05, 0.1) is 6.54 Å². The maximum atomic E-state index is 13.0. The predicted octanol–water partition coefficient (Wildman–Crippen LogP) is 5.13. The quantitative estimate of drug-likeness (QED) is 0.541. The van der Waals surface area contributed by atoms with Gasteiger partial charge < -0.3 is 4.90 Å². The van der Waals surface area contributed by atoms with Crippen molar-refractivity contribution >= 4 is 34.2 Å². The molecule has 1 aliphatic rings. The summed E-state index contributed by atoms with van der Waals surface area (Å²) in [5, 5.41) is 4.20. The van der Waals surface area contributed by atoms with E-state index < -0.39 is 0 Å². The van der Waals surface area contributed by atoms with Crippen molar-refractivity contribution in [3.05, 3.63) is 86.8 Å². The molecular weight excluding hydrogens is 384 g/mol. The molecule has 0 aliphatic carbocycles. The molecule has 0 saturated heterocycles. The Morgan fingerprint density at radius 3 is 2.14 bits per heavy atom. The van der Waals surface area contributed by atoms with Gasteiger partial charge in [-0.2, -0.15) is 0 Å². The van der Waals surface area contributed by atoms with E-state index in [9.17, 15) is 4.79 Å². The number of amides is 1. The van der Waals surface area contributed by atoms with E-state index in [0.29, 0.717) is 13.1 Å². The van der Waals surface area contributed by atoms with Gasteiger partial charge in [-0.25, -0.2) is 0 Å². The molecule has 3 aromatic rings. The fourth-order valence-corrected chi connectivity index (χ4v) is 5.01. The van der Waals surface area contributed by atoms with Gasteiger partial charge in [0.1, 0.15) is 0 Å². The first-order valence-corrected chi connectivity index (χ1v) is 11.3. The SMILES string of the molecule is O=C(CN(Cc1cccs1)Cc1cccs1)N1CC=C(c2ccccc2)CC1. The Bertz CT molecular complexity index is 865. The van der Waals surface area contributed by atoms with Crippen molar-refractivity contribution in [2.24, 2.45) is 0 Å². The smallest absolute Gasteiger partial charge is 0.237 e. The number of thiophene rings is 2. The van der Waals surface area contributed by atoms with Gasteiger partial charge in [-0.3, -0.25) is 9.69 Å². The minimum Gasteiger partial charge on any atom is -0.338 e. The van der Waals surface area contributed by atoms with Gasteiger partial charge in [-0.15, -0.1) is 22.7 Å². The minimum absolute atomic E-state index is 0.219. The Kier molecular flexibility index (Phi) is 6.37. The topological polar surface area (TPSA) is 23.6 Å². The number of carbonyl (C=O) groups excluding carboxylic acids is 1. The van der Waals surface area contributed by atoms with Crippen LogP contribution in [0.25, 0.3) is 5.57 Å². The fraction of sp³-hybridized carbons (Fsp3) is 0.261. The number of carbonyl (C=O) groups is 1. The molecule has 144 valence electrons. The summed E-state index contributed by atoms with van der Waals surface area (Å²) in [4.78, 5) is 19.8. The third-order valence-corrected chi connectivity index (χ3v) is 6.71. The van der Waals surface area contributed by atoms with E-state index in [4.69, 9.17) is 0 Å². The highest BCUT2D eigenvalue weighted by atomic mass is 32.1. The third-order valence-electron chi connectivity index (χ3n) is 4.98. The van der Waals surface area contributed by atoms with E-state index in [1.165, 1.54) is 20.9 Å². The van der Waals surface area contributed by atoms with Crippen LogP contribution in [0.1, 0.15) is 21.7 Å². The molecule has 2 aromatic heterocycles. The monoisotopic (exact) mass is 408 g/mol. The van der Waals surface area contributed by atoms with Crippen LogP contribution >= 0.6 is 22.7 Å². The van der Waals surface area contributed by atoms with Crippen LogP contribution < -0.4 is 0 Å². The second-order valence-electron chi connectivity index (χ2n) is 6.99. The molecule has 0 bridgehead atoms. The zero-order valence-electron chi connectivity index (χ0n) is 15.8. The van der Waals surface area contributed by atoms with E-state index in [2.05, 4.69) is 70.3 Å². The molecule has 3 heterocycles. The molecule has 3 nitrogen and oxygen atoms in total. The largest absolute Gasteiger partial charge is 0.338 e. The van der Waals surface area contributed by atoms with Crippen molar-refractivity contribution in [2.75, 3.05) is 19.6 Å². The van der Waals surface area contributed by atoms with Crippen molar-refractivity contribution in [1.29, 1.82) is 0 Å². The summed E-state index contributed by atoms with van der Waals surface area (Å²) in [7, 11) is 0. The lowest BCUT2D eigenvalue weighted by molar-refractivity contribution is -0.132. The van der Waals surface area contributed by atoms with E-state index in [1.54, 1.807) is 22.7 Å². The number of hydrogen-bond donors (Lipinski definition) is 0. The molecule has 0 atom stereocenters. The lowest BCUT2D eigenvalue weighted by atomic mass is 9.99. The van der Waals surface area contributed by atoms with Crippen LogP contribution in [0.2, 0.25) is 0 Å². The standard InChI is InChI=1S/C23H24N2OS2/c26-23(25-12-10-20(11-13-25)19-6-2-1-3-7-19)18-24(16-21-8-4-14-27-21)17-22-9-5-15-28-22/h1-10,14-15H,11-13,16-18H2. The summed E-state index contributed by atoms with van der Waals surface area (Å²) in [5.74, 6) is 0.219. The zero-order valence-corrected chi connectivity index (χ0v) is 17.4. The molecule has 1 aromatic carbocycles. The Labute approximate surface area is 174 Å². The van der Waals surface area contributed by atoms with Gasteiger partial charge in [0.2, 0.25) is 5.91 Å². The summed E-state index contributed by atoms with van der Waals surface area (Å²) >= 11 is 3.50. The third kappa shape index (κ3) is 4.98. The van der Waals surface area contributed by atoms with Gasteiger partial charge in [-0.1, -0.05) is 48.5 Å². The summed E-state index contributed by atoms with van der Waals surface area (Å²) < 4.78 is 0. The van der Waals surface area contributed by atoms with Crippen LogP contribution in [-0.4, -0.2) is 35.3 Å². The highest BCUT2D eigenvalue weighted by Crippen LogP contribution is 2.23. The van der Waals surface area contributed by atoms with Crippen LogP contribution in [0.4, 0.5) is 0 Å². The average molecular weight is 409 g/mol. The van der Waals surface area contributed by atoms with Gasteiger partial charge in [-0.05, 0) is 40.5 Å². The van der Waals surface area contributed by atoms with Crippen molar-refractivity contribution in [3.8, 4) is 0 Å². The normalized spacial score (nSPS) is 14.3. The zero-order chi connectivity index (χ0) is 19.2. The molecule has 5 heteroatoms. The number of hydrogen-bond acceptors (Lipinski definition) is 4. The Hall–Kier alpha value is -2.21. The molecule has 0 unspecified atom stereocenters. The van der Waals surface area contributed by atoms with E-state index in [0.717, 1.165) is 26.1 Å².